The van der Waals surface area contributed by atoms with Crippen LogP contribution in [0.5, 0.6) is 0 Å². The second kappa shape index (κ2) is 11.9. The summed E-state index contributed by atoms with van der Waals surface area (Å²) in [5.74, 6) is -0.744. The van der Waals surface area contributed by atoms with E-state index >= 15 is 0 Å². The van der Waals surface area contributed by atoms with E-state index in [9.17, 15) is 14.4 Å². The Morgan fingerprint density at radius 3 is 2.00 bits per heavy atom. The lowest BCUT2D eigenvalue weighted by Crippen LogP contribution is -2.60. The Morgan fingerprint density at radius 1 is 0.971 bits per heavy atom. The lowest BCUT2D eigenvalue weighted by atomic mass is 9.89. The number of carbonyl (C=O) groups is 3. The van der Waals surface area contributed by atoms with Crippen LogP contribution in [0.2, 0.25) is 0 Å². The Morgan fingerprint density at radius 2 is 1.54 bits per heavy atom. The van der Waals surface area contributed by atoms with Crippen molar-refractivity contribution in [3.8, 4) is 0 Å². The van der Waals surface area contributed by atoms with Crippen LogP contribution < -0.4 is 10.6 Å². The average Bonchev–Trinajstić information content (AvgIpc) is 2.68. The predicted octanol–water partition coefficient (Wildman–Crippen LogP) is 5.44. The van der Waals surface area contributed by atoms with Crippen LogP contribution in [-0.2, 0) is 14.3 Å². The first-order chi connectivity index (χ1) is 15.9. The molecular weight excluding hydrogens is 442 g/mol. The number of nitrogens with one attached hydrogen (secondary N) is 2. The molecule has 2 N–H and O–H groups in total. The zero-order valence-electron chi connectivity index (χ0n) is 23.8. The molecule has 0 saturated carbocycles. The molecule has 1 rings (SSSR count). The Bertz CT molecular complexity index is 896. The molecule has 0 heterocycles. The maximum absolute atomic E-state index is 14.3. The molecule has 198 valence electrons. The van der Waals surface area contributed by atoms with E-state index in [-0.39, 0.29) is 23.8 Å². The Balaban J connectivity index is 3.68. The van der Waals surface area contributed by atoms with Crippen molar-refractivity contribution < 1.29 is 19.1 Å². The van der Waals surface area contributed by atoms with E-state index in [4.69, 9.17) is 4.74 Å². The molecule has 0 saturated heterocycles. The molecule has 0 radical (unpaired) electrons. The summed E-state index contributed by atoms with van der Waals surface area (Å²) >= 11 is 0. The fourth-order valence-electron chi connectivity index (χ4n) is 3.93. The maximum Gasteiger partial charge on any atom is 0.408 e. The SMILES string of the molecule is CCC(C)C(NC(=O)OC(C)(C)C)C(=O)N(C(C(=O)NC(C)C)c1cc(C)ccc1C)C(C)(C)C. The van der Waals surface area contributed by atoms with Crippen LogP contribution in [0.25, 0.3) is 0 Å². The number of nitrogens with zero attached hydrogens (tertiary/aromatic N) is 1. The van der Waals surface area contributed by atoms with Crippen LogP contribution in [-0.4, -0.2) is 46.0 Å². The van der Waals surface area contributed by atoms with E-state index in [1.807, 2.05) is 80.5 Å². The minimum atomic E-state index is -0.864. The van der Waals surface area contributed by atoms with Crippen molar-refractivity contribution in [2.75, 3.05) is 0 Å². The summed E-state index contributed by atoms with van der Waals surface area (Å²) in [7, 11) is 0. The van der Waals surface area contributed by atoms with Gasteiger partial charge >= 0.3 is 6.09 Å². The summed E-state index contributed by atoms with van der Waals surface area (Å²) in [6, 6.07) is 4.11. The van der Waals surface area contributed by atoms with Gasteiger partial charge in [-0.25, -0.2) is 4.79 Å². The highest BCUT2D eigenvalue weighted by atomic mass is 16.6. The molecule has 3 unspecified atom stereocenters. The van der Waals surface area contributed by atoms with Gasteiger partial charge in [0.25, 0.3) is 0 Å². The van der Waals surface area contributed by atoms with E-state index in [0.717, 1.165) is 16.7 Å². The lowest BCUT2D eigenvalue weighted by molar-refractivity contribution is -0.149. The number of hydrogen-bond donors (Lipinski definition) is 2. The molecule has 0 fully saturated rings. The molecule has 1 aromatic rings. The predicted molar refractivity (Wildman–Crippen MR) is 141 cm³/mol. The molecule has 0 aliphatic rings. The summed E-state index contributed by atoms with van der Waals surface area (Å²) in [5.41, 5.74) is 1.27. The van der Waals surface area contributed by atoms with E-state index in [1.54, 1.807) is 25.7 Å². The molecule has 1 aromatic carbocycles. The van der Waals surface area contributed by atoms with Gasteiger partial charge in [0.1, 0.15) is 17.7 Å². The number of rotatable bonds is 8. The van der Waals surface area contributed by atoms with E-state index in [0.29, 0.717) is 6.42 Å². The molecule has 0 bridgehead atoms. The molecular formula is C28H47N3O4. The van der Waals surface area contributed by atoms with Gasteiger partial charge in [-0.05, 0) is 86.3 Å². The smallest absolute Gasteiger partial charge is 0.408 e. The number of carbonyl (C=O) groups excluding carboxylic acids is 3. The van der Waals surface area contributed by atoms with E-state index in [1.165, 1.54) is 0 Å². The van der Waals surface area contributed by atoms with Gasteiger partial charge in [0.05, 0.1) is 0 Å². The molecule has 0 aliphatic carbocycles. The molecule has 3 atom stereocenters. The first-order valence-electron chi connectivity index (χ1n) is 12.6. The van der Waals surface area contributed by atoms with Crippen LogP contribution in [0.4, 0.5) is 4.79 Å². The second-order valence-corrected chi connectivity index (χ2v) is 11.8. The van der Waals surface area contributed by atoms with Crippen LogP contribution in [0.3, 0.4) is 0 Å². The normalized spacial score (nSPS) is 14.7. The van der Waals surface area contributed by atoms with Crippen molar-refractivity contribution in [2.24, 2.45) is 5.92 Å². The first kappa shape index (κ1) is 30.5. The summed E-state index contributed by atoms with van der Waals surface area (Å²) < 4.78 is 5.46. The summed E-state index contributed by atoms with van der Waals surface area (Å²) in [6.45, 7) is 22.7. The molecule has 7 heteroatoms. The highest BCUT2D eigenvalue weighted by Crippen LogP contribution is 2.33. The molecule has 3 amide bonds. The number of benzene rings is 1. The van der Waals surface area contributed by atoms with Crippen LogP contribution in [0.15, 0.2) is 18.2 Å². The number of hydrogen-bond acceptors (Lipinski definition) is 4. The zero-order chi connectivity index (χ0) is 27.3. The summed E-state index contributed by atoms with van der Waals surface area (Å²) in [5, 5.41) is 5.81. The van der Waals surface area contributed by atoms with Gasteiger partial charge in [-0.15, -0.1) is 0 Å². The molecule has 35 heavy (non-hydrogen) atoms. The van der Waals surface area contributed by atoms with Crippen molar-refractivity contribution in [1.82, 2.24) is 15.5 Å². The van der Waals surface area contributed by atoms with Gasteiger partial charge in [0.2, 0.25) is 11.8 Å². The Hall–Kier alpha value is -2.57. The van der Waals surface area contributed by atoms with Gasteiger partial charge in [-0.3, -0.25) is 9.59 Å². The van der Waals surface area contributed by atoms with Gasteiger partial charge < -0.3 is 20.3 Å². The van der Waals surface area contributed by atoms with Crippen molar-refractivity contribution >= 4 is 17.9 Å². The quantitative estimate of drug-likeness (QED) is 0.509. The van der Waals surface area contributed by atoms with E-state index < -0.39 is 29.3 Å². The van der Waals surface area contributed by atoms with Gasteiger partial charge in [-0.2, -0.15) is 0 Å². The van der Waals surface area contributed by atoms with E-state index in [2.05, 4.69) is 10.6 Å². The summed E-state index contributed by atoms with van der Waals surface area (Å²) in [4.78, 5) is 42.3. The van der Waals surface area contributed by atoms with Crippen LogP contribution >= 0.6 is 0 Å². The first-order valence-corrected chi connectivity index (χ1v) is 12.6. The Labute approximate surface area is 212 Å². The van der Waals surface area contributed by atoms with Gasteiger partial charge in [-0.1, -0.05) is 44.0 Å². The molecule has 7 nitrogen and oxygen atoms in total. The van der Waals surface area contributed by atoms with Crippen molar-refractivity contribution in [3.63, 3.8) is 0 Å². The topological polar surface area (TPSA) is 87.7 Å². The van der Waals surface area contributed by atoms with Gasteiger partial charge in [0, 0.05) is 11.6 Å². The third kappa shape index (κ3) is 8.86. The van der Waals surface area contributed by atoms with Crippen molar-refractivity contribution in [3.05, 3.63) is 34.9 Å². The third-order valence-electron chi connectivity index (χ3n) is 5.78. The standard InChI is InChI=1S/C28H47N3O4/c1-13-19(5)22(30-26(34)35-28(10,11)12)25(33)31(27(7,8)9)23(24(32)29-17(2)3)21-16-18(4)14-15-20(21)6/h14-17,19,22-23H,13H2,1-12H3,(H,29,32)(H,30,34). The maximum atomic E-state index is 14.3. The number of alkyl carbamates (subject to hydrolysis) is 1. The fraction of sp³-hybridized carbons (Fsp3) is 0.679. The second-order valence-electron chi connectivity index (χ2n) is 11.8. The van der Waals surface area contributed by atoms with Crippen molar-refractivity contribution in [1.29, 1.82) is 0 Å². The summed E-state index contributed by atoms with van der Waals surface area (Å²) in [6.07, 6.45) is 0.0104. The van der Waals surface area contributed by atoms with Crippen LogP contribution in [0.1, 0.15) is 98.4 Å². The number of ether oxygens (including phenoxy) is 1. The zero-order valence-corrected chi connectivity index (χ0v) is 23.8. The number of amides is 3. The highest BCUT2D eigenvalue weighted by Gasteiger charge is 2.43. The van der Waals surface area contributed by atoms with Crippen LogP contribution in [0, 0.1) is 19.8 Å². The minimum Gasteiger partial charge on any atom is -0.444 e. The average molecular weight is 490 g/mol. The van der Waals surface area contributed by atoms with Crippen molar-refractivity contribution in [2.45, 2.75) is 119 Å². The molecule has 0 aliphatic heterocycles. The minimum absolute atomic E-state index is 0.0997. The largest absolute Gasteiger partial charge is 0.444 e. The molecule has 0 spiro atoms. The lowest BCUT2D eigenvalue weighted by Gasteiger charge is -2.44. The highest BCUT2D eigenvalue weighted by molar-refractivity contribution is 5.93. The monoisotopic (exact) mass is 489 g/mol. The third-order valence-corrected chi connectivity index (χ3v) is 5.78. The van der Waals surface area contributed by atoms with Gasteiger partial charge in [0.15, 0.2) is 0 Å². The Kier molecular flexibility index (Phi) is 10.4. The number of aryl methyl sites for hydroxylation is 2. The fourth-order valence-corrected chi connectivity index (χ4v) is 3.93. The molecule has 0 aromatic heterocycles.